The summed E-state index contributed by atoms with van der Waals surface area (Å²) in [4.78, 5) is 21.9. The first-order valence-electron chi connectivity index (χ1n) is 9.15. The third kappa shape index (κ3) is 4.50. The first-order chi connectivity index (χ1) is 13.7. The molecule has 4 rings (SSSR count). The number of nitrogens with one attached hydrogen (secondary N) is 1. The molecule has 0 spiro atoms. The molecule has 1 N–H and O–H groups in total. The van der Waals surface area contributed by atoms with Gasteiger partial charge in [-0.3, -0.25) is 0 Å². The van der Waals surface area contributed by atoms with Gasteiger partial charge in [-0.25, -0.2) is 0 Å². The van der Waals surface area contributed by atoms with Gasteiger partial charge in [0.2, 0.25) is 0 Å². The molecule has 1 fully saturated rings. The van der Waals surface area contributed by atoms with E-state index in [2.05, 4.69) is 26.3 Å². The molecular formula is C18H23AsN6O2S. The van der Waals surface area contributed by atoms with Crippen LogP contribution in [0.25, 0.3) is 21.6 Å². The Morgan fingerprint density at radius 2 is 2.04 bits per heavy atom. The second-order valence-corrected chi connectivity index (χ2v) is 8.62. The molecule has 0 radical (unpaired) electrons. The number of ether oxygens (including phenoxy) is 2. The molecule has 1 aliphatic rings. The van der Waals surface area contributed by atoms with Crippen LogP contribution in [0.4, 0.5) is 5.82 Å². The third-order valence-electron chi connectivity index (χ3n) is 4.43. The van der Waals surface area contributed by atoms with Gasteiger partial charge in [0, 0.05) is 7.11 Å². The maximum absolute atomic E-state index is 5.52. The molecule has 8 nitrogen and oxygen atoms in total. The molecule has 1 atom stereocenters. The van der Waals surface area contributed by atoms with Crippen LogP contribution in [0.3, 0.4) is 0 Å². The molecule has 0 saturated carbocycles. The van der Waals surface area contributed by atoms with Crippen molar-refractivity contribution in [1.82, 2.24) is 25.3 Å². The van der Waals surface area contributed by atoms with E-state index in [-0.39, 0.29) is 0 Å². The molecule has 1 saturated heterocycles. The van der Waals surface area contributed by atoms with Crippen LogP contribution >= 0.6 is 11.3 Å². The average molecular weight is 462 g/mol. The van der Waals surface area contributed by atoms with Crippen LogP contribution in [0.1, 0.15) is 4.88 Å². The van der Waals surface area contributed by atoms with Crippen molar-refractivity contribution in [3.8, 4) is 11.4 Å². The number of anilines is 1. The van der Waals surface area contributed by atoms with Crippen LogP contribution < -0.4 is 14.8 Å². The van der Waals surface area contributed by atoms with Crippen LogP contribution in [0.2, 0.25) is 0 Å². The number of fused-ring (bicyclic) bond motifs is 1. The van der Waals surface area contributed by atoms with E-state index in [0.29, 0.717) is 25.6 Å². The number of aromatic nitrogens is 4. The molecule has 28 heavy (non-hydrogen) atoms. The van der Waals surface area contributed by atoms with Gasteiger partial charge >= 0.3 is 158 Å². The van der Waals surface area contributed by atoms with Crippen molar-refractivity contribution in [2.75, 3.05) is 51.5 Å². The van der Waals surface area contributed by atoms with Crippen molar-refractivity contribution >= 4 is 48.8 Å². The van der Waals surface area contributed by atoms with Crippen molar-refractivity contribution in [2.45, 2.75) is 6.54 Å². The Bertz CT molecular complexity index is 930. The number of nitrogens with zero attached hydrogens (tertiary/aromatic N) is 5. The summed E-state index contributed by atoms with van der Waals surface area (Å²) in [5.74, 6) is 1.64. The summed E-state index contributed by atoms with van der Waals surface area (Å²) in [6.45, 7) is 5.40. The van der Waals surface area contributed by atoms with Gasteiger partial charge in [-0.2, -0.15) is 0 Å². The Balaban J connectivity index is 1.71. The first kappa shape index (κ1) is 19.7. The number of rotatable bonds is 7. The Morgan fingerprint density at radius 1 is 1.25 bits per heavy atom. The van der Waals surface area contributed by atoms with Crippen LogP contribution in [0, 0.1) is 0 Å². The topological polar surface area (TPSA) is 85.3 Å². The monoisotopic (exact) mass is 462 g/mol. The number of hydrogen-bond donors (Lipinski definition) is 1. The van der Waals surface area contributed by atoms with E-state index in [1.54, 1.807) is 30.8 Å². The summed E-state index contributed by atoms with van der Waals surface area (Å²) >= 11 is 3.14. The first-order valence-corrected chi connectivity index (χ1v) is 11.2. The van der Waals surface area contributed by atoms with E-state index in [1.807, 2.05) is 0 Å². The van der Waals surface area contributed by atoms with Crippen LogP contribution in [0.5, 0.6) is 0 Å². The van der Waals surface area contributed by atoms with Crippen molar-refractivity contribution in [2.24, 2.45) is 0 Å². The van der Waals surface area contributed by atoms with Gasteiger partial charge in [-0.15, -0.1) is 0 Å². The van der Waals surface area contributed by atoms with Gasteiger partial charge in [0.25, 0.3) is 0 Å². The summed E-state index contributed by atoms with van der Waals surface area (Å²) < 4.78 is 12.5. The Labute approximate surface area is 176 Å². The van der Waals surface area contributed by atoms with E-state index in [1.165, 1.54) is 21.7 Å². The molecule has 1 unspecified atom stereocenters. The Kier molecular flexibility index (Phi) is 6.49. The zero-order chi connectivity index (χ0) is 19.3. The molecule has 0 bridgehead atoms. The molecule has 3 aromatic heterocycles. The fourth-order valence-electron chi connectivity index (χ4n) is 3.01. The fourth-order valence-corrected chi connectivity index (χ4v) is 4.40. The number of thiophene rings is 1. The maximum atomic E-state index is 5.52. The zero-order valence-electron chi connectivity index (χ0n) is 15.7. The van der Waals surface area contributed by atoms with Gasteiger partial charge in [-0.1, -0.05) is 0 Å². The van der Waals surface area contributed by atoms with E-state index in [9.17, 15) is 0 Å². The van der Waals surface area contributed by atoms with E-state index < -0.39 is 0 Å². The van der Waals surface area contributed by atoms with Gasteiger partial charge in [-0.05, 0) is 0 Å². The fraction of sp³-hybridized carbons (Fsp3) is 0.444. The summed E-state index contributed by atoms with van der Waals surface area (Å²) in [7, 11) is 1.71. The molecule has 1 aliphatic heterocycles. The summed E-state index contributed by atoms with van der Waals surface area (Å²) in [6.07, 6.45) is 3.60. The quantitative estimate of drug-likeness (QED) is 0.388. The van der Waals surface area contributed by atoms with E-state index >= 15 is 0 Å². The van der Waals surface area contributed by atoms with Crippen molar-refractivity contribution in [3.05, 3.63) is 23.3 Å². The van der Waals surface area contributed by atoms with Crippen LogP contribution in [-0.4, -0.2) is 83.4 Å². The summed E-state index contributed by atoms with van der Waals surface area (Å²) in [6, 6.07) is 2.15. The third-order valence-corrected chi connectivity index (χ3v) is 6.17. The molecule has 10 heteroatoms. The number of methoxy groups -OCH3 is 1. The molecule has 148 valence electrons. The van der Waals surface area contributed by atoms with Gasteiger partial charge in [0.1, 0.15) is 0 Å². The molecule has 0 amide bonds. The van der Waals surface area contributed by atoms with E-state index in [0.717, 1.165) is 52.4 Å². The standard InChI is InChI=1S/C18H23AsN6O2S/c1-26-5-2-20-11-13-8-14-15(28-13)17(25-3-6-27-7-4-25)24-16(23-14)12-9-21-18(19)22-10-12/h8-10,20H,2-7,11,19H2,1H3. The predicted octanol–water partition coefficient (Wildman–Crippen LogP) is -0.0207. The van der Waals surface area contributed by atoms with Gasteiger partial charge in [0.05, 0.1) is 6.61 Å². The molecule has 0 aromatic carbocycles. The molecule has 0 aliphatic carbocycles. The molecule has 3 aromatic rings. The number of hydrogen-bond acceptors (Lipinski definition) is 9. The SMILES string of the molecule is COCCNCc1cc2nc(-c3cnc([AsH2])nc3)nc(N3CCOCC3)c2s1. The number of morpholine rings is 1. The minimum atomic E-state index is 0.665. The minimum absolute atomic E-state index is 0.665. The molecule has 4 heterocycles. The zero-order valence-corrected chi connectivity index (χ0v) is 19.0. The Morgan fingerprint density at radius 3 is 2.79 bits per heavy atom. The molecular weight excluding hydrogens is 439 g/mol. The normalized spacial score (nSPS) is 14.7. The second kappa shape index (κ2) is 9.24. The van der Waals surface area contributed by atoms with Crippen molar-refractivity contribution in [1.29, 1.82) is 0 Å². The summed E-state index contributed by atoms with van der Waals surface area (Å²) in [5, 5.41) is 3.40. The summed E-state index contributed by atoms with van der Waals surface area (Å²) in [5.41, 5.74) is 1.80. The van der Waals surface area contributed by atoms with Gasteiger partial charge in [0.15, 0.2) is 0 Å². The van der Waals surface area contributed by atoms with Crippen LogP contribution in [0.15, 0.2) is 18.5 Å². The van der Waals surface area contributed by atoms with Crippen LogP contribution in [-0.2, 0) is 16.0 Å². The Hall–Kier alpha value is -1.64. The van der Waals surface area contributed by atoms with Crippen molar-refractivity contribution < 1.29 is 9.47 Å². The van der Waals surface area contributed by atoms with E-state index in [4.69, 9.17) is 19.4 Å². The average Bonchev–Trinajstić information content (AvgIpc) is 3.14. The predicted molar refractivity (Wildman–Crippen MR) is 113 cm³/mol. The van der Waals surface area contributed by atoms with Crippen molar-refractivity contribution in [3.63, 3.8) is 0 Å². The second-order valence-electron chi connectivity index (χ2n) is 6.40. The van der Waals surface area contributed by atoms with Gasteiger partial charge < -0.3 is 4.74 Å².